The van der Waals surface area contributed by atoms with E-state index in [1.165, 1.54) is 113 Å². The molecule has 0 rings (SSSR count). The van der Waals surface area contributed by atoms with Crippen LogP contribution >= 0.6 is 0 Å². The summed E-state index contributed by atoms with van der Waals surface area (Å²) in [6.07, 6.45) is 17.0. The summed E-state index contributed by atoms with van der Waals surface area (Å²) in [6.45, 7) is 14.3. The van der Waals surface area contributed by atoms with Crippen LogP contribution in [0.25, 0.3) is 0 Å². The second kappa shape index (κ2) is 17.3. The molecule has 0 fully saturated rings. The molecule has 27 heavy (non-hydrogen) atoms. The quantitative estimate of drug-likeness (QED) is 0.142. The van der Waals surface area contributed by atoms with Gasteiger partial charge in [0.15, 0.2) is 16.6 Å². The lowest BCUT2D eigenvalue weighted by molar-refractivity contribution is 0.490. The number of hydrogen-bond acceptors (Lipinski definition) is 1. The second-order valence-corrected chi connectivity index (χ2v) is 18.3. The molecule has 0 unspecified atom stereocenters. The fourth-order valence-electron chi connectivity index (χ4n) is 4.51. The second-order valence-electron chi connectivity index (χ2n) is 8.92. The number of rotatable bonds is 20. The van der Waals surface area contributed by atoms with Crippen molar-refractivity contribution in [1.29, 1.82) is 0 Å². The summed E-state index contributed by atoms with van der Waals surface area (Å²) in [7, 11) is -3.02. The standard InChI is InChI=1S/C24H54OSi2/c1-7-13-15-17-19-21-23-26(9-3,10-4)25-27(11-5,12-6)24-22-20-18-16-14-8-2/h7-24H2,1-6H3. The molecule has 0 aromatic carbocycles. The summed E-state index contributed by atoms with van der Waals surface area (Å²) in [5.74, 6) is 0. The summed E-state index contributed by atoms with van der Waals surface area (Å²) in [5.41, 5.74) is 0. The Balaban J connectivity index is 4.59. The summed E-state index contributed by atoms with van der Waals surface area (Å²) < 4.78 is 7.36. The van der Waals surface area contributed by atoms with Gasteiger partial charge in [0, 0.05) is 0 Å². The van der Waals surface area contributed by atoms with E-state index in [4.69, 9.17) is 4.12 Å². The molecule has 0 N–H and O–H groups in total. The average molecular weight is 415 g/mol. The molecule has 0 heterocycles. The molecule has 0 bridgehead atoms. The molecule has 0 aliphatic carbocycles. The van der Waals surface area contributed by atoms with Gasteiger partial charge in [-0.1, -0.05) is 119 Å². The third kappa shape index (κ3) is 11.9. The van der Waals surface area contributed by atoms with Crippen molar-refractivity contribution in [2.45, 2.75) is 155 Å². The van der Waals surface area contributed by atoms with Gasteiger partial charge in [-0.05, 0) is 36.3 Å². The van der Waals surface area contributed by atoms with E-state index in [0.29, 0.717) is 0 Å². The summed E-state index contributed by atoms with van der Waals surface area (Å²) in [5, 5.41) is 0. The van der Waals surface area contributed by atoms with Crippen LogP contribution in [-0.2, 0) is 4.12 Å². The molecule has 0 amide bonds. The Labute approximate surface area is 175 Å². The monoisotopic (exact) mass is 414 g/mol. The first kappa shape index (κ1) is 27.4. The molecule has 3 heteroatoms. The van der Waals surface area contributed by atoms with E-state index < -0.39 is 16.6 Å². The van der Waals surface area contributed by atoms with Gasteiger partial charge in [0.25, 0.3) is 0 Å². The highest BCUT2D eigenvalue weighted by atomic mass is 28.4. The minimum absolute atomic E-state index is 1.34. The van der Waals surface area contributed by atoms with Crippen molar-refractivity contribution < 1.29 is 4.12 Å². The zero-order chi connectivity index (χ0) is 20.4. The van der Waals surface area contributed by atoms with Gasteiger partial charge in [0.2, 0.25) is 0 Å². The fourth-order valence-corrected chi connectivity index (χ4v) is 15.5. The summed E-state index contributed by atoms with van der Waals surface area (Å²) >= 11 is 0. The molecule has 0 saturated carbocycles. The molecular weight excluding hydrogens is 360 g/mol. The third-order valence-electron chi connectivity index (χ3n) is 6.98. The lowest BCUT2D eigenvalue weighted by Crippen LogP contribution is -2.50. The maximum atomic E-state index is 7.36. The zero-order valence-electron chi connectivity index (χ0n) is 20.1. The van der Waals surface area contributed by atoms with Crippen molar-refractivity contribution in [2.75, 3.05) is 0 Å². The van der Waals surface area contributed by atoms with E-state index in [-0.39, 0.29) is 0 Å². The highest BCUT2D eigenvalue weighted by Gasteiger charge is 2.40. The van der Waals surface area contributed by atoms with Crippen LogP contribution in [0.4, 0.5) is 0 Å². The first-order valence-electron chi connectivity index (χ1n) is 12.8. The predicted molar refractivity (Wildman–Crippen MR) is 131 cm³/mol. The maximum absolute atomic E-state index is 7.36. The minimum atomic E-state index is -1.51. The van der Waals surface area contributed by atoms with Gasteiger partial charge >= 0.3 is 0 Å². The van der Waals surface area contributed by atoms with E-state index >= 15 is 0 Å². The van der Waals surface area contributed by atoms with Crippen LogP contribution < -0.4 is 0 Å². The highest BCUT2D eigenvalue weighted by molar-refractivity contribution is 6.87. The molecule has 0 spiro atoms. The van der Waals surface area contributed by atoms with E-state index in [1.807, 2.05) is 0 Å². The predicted octanol–water partition coefficient (Wildman–Crippen LogP) is 9.69. The molecule has 164 valence electrons. The van der Waals surface area contributed by atoms with Crippen molar-refractivity contribution in [2.24, 2.45) is 0 Å². The van der Waals surface area contributed by atoms with Crippen molar-refractivity contribution in [1.82, 2.24) is 0 Å². The summed E-state index contributed by atoms with van der Waals surface area (Å²) in [4.78, 5) is 0. The Hall–Kier alpha value is 0.394. The van der Waals surface area contributed by atoms with Crippen LogP contribution in [0, 0.1) is 0 Å². The molecular formula is C24H54OSi2. The van der Waals surface area contributed by atoms with Crippen molar-refractivity contribution in [3.05, 3.63) is 0 Å². The van der Waals surface area contributed by atoms with Crippen LogP contribution in [0.1, 0.15) is 119 Å². The lowest BCUT2D eigenvalue weighted by atomic mass is 10.1. The third-order valence-corrected chi connectivity index (χ3v) is 18.1. The zero-order valence-corrected chi connectivity index (χ0v) is 22.1. The fraction of sp³-hybridized carbons (Fsp3) is 1.00. The van der Waals surface area contributed by atoms with Crippen LogP contribution in [0.3, 0.4) is 0 Å². The van der Waals surface area contributed by atoms with Gasteiger partial charge < -0.3 is 4.12 Å². The first-order chi connectivity index (χ1) is 13.1. The van der Waals surface area contributed by atoms with Crippen LogP contribution in [0.2, 0.25) is 36.3 Å². The molecule has 0 aromatic heterocycles. The Morgan fingerprint density at radius 1 is 0.407 bits per heavy atom. The molecule has 0 radical (unpaired) electrons. The Bertz CT molecular complexity index is 282. The smallest absolute Gasteiger partial charge is 0.179 e. The van der Waals surface area contributed by atoms with E-state index in [1.54, 1.807) is 0 Å². The lowest BCUT2D eigenvalue weighted by Gasteiger charge is -2.41. The van der Waals surface area contributed by atoms with E-state index in [9.17, 15) is 0 Å². The van der Waals surface area contributed by atoms with Crippen molar-refractivity contribution >= 4 is 16.6 Å². The molecule has 0 aliphatic rings. The molecule has 0 atom stereocenters. The molecule has 1 nitrogen and oxygen atoms in total. The molecule has 0 aliphatic heterocycles. The summed E-state index contributed by atoms with van der Waals surface area (Å²) in [6, 6.07) is 8.20. The van der Waals surface area contributed by atoms with Crippen LogP contribution in [-0.4, -0.2) is 16.6 Å². The van der Waals surface area contributed by atoms with Gasteiger partial charge in [-0.25, -0.2) is 0 Å². The van der Waals surface area contributed by atoms with Gasteiger partial charge in [-0.3, -0.25) is 0 Å². The van der Waals surface area contributed by atoms with Crippen molar-refractivity contribution in [3.8, 4) is 0 Å². The number of hydrogen-bond donors (Lipinski definition) is 0. The van der Waals surface area contributed by atoms with Gasteiger partial charge in [-0.15, -0.1) is 0 Å². The van der Waals surface area contributed by atoms with E-state index in [2.05, 4.69) is 41.5 Å². The minimum Gasteiger partial charge on any atom is -0.455 e. The van der Waals surface area contributed by atoms with Gasteiger partial charge in [-0.2, -0.15) is 0 Å². The Morgan fingerprint density at radius 3 is 1.00 bits per heavy atom. The van der Waals surface area contributed by atoms with Gasteiger partial charge in [0.05, 0.1) is 0 Å². The molecule has 0 saturated heterocycles. The highest BCUT2D eigenvalue weighted by Crippen LogP contribution is 2.35. The SMILES string of the molecule is CCCCCCCC[Si](CC)(CC)O[Si](CC)(CC)CCCCCCCC. The normalized spacial score (nSPS) is 12.7. The van der Waals surface area contributed by atoms with Crippen LogP contribution in [0.15, 0.2) is 0 Å². The van der Waals surface area contributed by atoms with Crippen LogP contribution in [0.5, 0.6) is 0 Å². The van der Waals surface area contributed by atoms with Crippen molar-refractivity contribution in [3.63, 3.8) is 0 Å². The van der Waals surface area contributed by atoms with Gasteiger partial charge in [0.1, 0.15) is 0 Å². The first-order valence-corrected chi connectivity index (χ1v) is 17.8. The topological polar surface area (TPSA) is 9.23 Å². The number of unbranched alkanes of at least 4 members (excludes halogenated alkanes) is 10. The largest absolute Gasteiger partial charge is 0.455 e. The maximum Gasteiger partial charge on any atom is 0.179 e. The van der Waals surface area contributed by atoms with E-state index in [0.717, 1.165) is 0 Å². The average Bonchev–Trinajstić information content (AvgIpc) is 2.71. The Morgan fingerprint density at radius 2 is 0.704 bits per heavy atom. The Kier molecular flexibility index (Phi) is 17.5. The molecule has 0 aromatic rings.